The van der Waals surface area contributed by atoms with Gasteiger partial charge < -0.3 is 9.52 Å². The first kappa shape index (κ1) is 12.2. The molecule has 0 atom stereocenters. The average Bonchev–Trinajstić information content (AvgIpc) is 3.09. The molecule has 2 aromatic heterocycles. The first-order chi connectivity index (χ1) is 9.75. The Labute approximate surface area is 114 Å². The number of aromatic nitrogens is 3. The Morgan fingerprint density at radius 1 is 1.20 bits per heavy atom. The van der Waals surface area contributed by atoms with E-state index in [1.165, 1.54) is 4.68 Å². The zero-order valence-electron chi connectivity index (χ0n) is 10.4. The normalized spacial score (nSPS) is 10.6. The number of hydrogen-bond acceptors (Lipinski definition) is 4. The summed E-state index contributed by atoms with van der Waals surface area (Å²) < 4.78 is 6.79. The fourth-order valence-electron chi connectivity index (χ4n) is 2.00. The topological polar surface area (TPSA) is 81.1 Å². The number of nitrogens with zero attached hydrogens (tertiary/aromatic N) is 3. The van der Waals surface area contributed by atoms with Crippen molar-refractivity contribution in [3.8, 4) is 11.3 Å². The maximum Gasteiger partial charge on any atom is 0.358 e. The second-order valence-corrected chi connectivity index (χ2v) is 4.19. The van der Waals surface area contributed by atoms with Gasteiger partial charge in [-0.05, 0) is 12.1 Å². The molecule has 1 aromatic carbocycles. The lowest BCUT2D eigenvalue weighted by Gasteiger charge is -2.05. The first-order valence-corrected chi connectivity index (χ1v) is 6.00. The van der Waals surface area contributed by atoms with Crippen molar-refractivity contribution < 1.29 is 14.3 Å². The molecule has 6 nitrogen and oxygen atoms in total. The molecule has 0 aliphatic heterocycles. The molecule has 0 aliphatic rings. The van der Waals surface area contributed by atoms with E-state index in [1.807, 2.05) is 30.3 Å². The summed E-state index contributed by atoms with van der Waals surface area (Å²) >= 11 is 0. The number of rotatable bonds is 4. The molecule has 100 valence electrons. The van der Waals surface area contributed by atoms with Gasteiger partial charge in [-0.2, -0.15) is 0 Å². The SMILES string of the molecule is O=C(O)c1nnn(Cc2ccco2)c1-c1ccccc1. The maximum absolute atomic E-state index is 11.3. The lowest BCUT2D eigenvalue weighted by atomic mass is 10.1. The number of benzene rings is 1. The van der Waals surface area contributed by atoms with Gasteiger partial charge in [0.05, 0.1) is 6.26 Å². The van der Waals surface area contributed by atoms with Gasteiger partial charge in [0, 0.05) is 5.56 Å². The van der Waals surface area contributed by atoms with Gasteiger partial charge in [-0.3, -0.25) is 0 Å². The summed E-state index contributed by atoms with van der Waals surface area (Å²) in [6.07, 6.45) is 1.56. The summed E-state index contributed by atoms with van der Waals surface area (Å²) in [5.74, 6) is -0.418. The molecule has 0 aliphatic carbocycles. The smallest absolute Gasteiger partial charge is 0.358 e. The molecule has 0 saturated carbocycles. The van der Waals surface area contributed by atoms with Crippen molar-refractivity contribution in [3.63, 3.8) is 0 Å². The van der Waals surface area contributed by atoms with Crippen LogP contribution in [-0.2, 0) is 6.54 Å². The molecule has 0 unspecified atom stereocenters. The summed E-state index contributed by atoms with van der Waals surface area (Å²) in [6, 6.07) is 12.8. The van der Waals surface area contributed by atoms with Gasteiger partial charge in [0.2, 0.25) is 0 Å². The van der Waals surface area contributed by atoms with E-state index in [4.69, 9.17) is 4.42 Å². The van der Waals surface area contributed by atoms with Crippen molar-refractivity contribution in [2.24, 2.45) is 0 Å². The molecule has 3 aromatic rings. The summed E-state index contributed by atoms with van der Waals surface area (Å²) in [6.45, 7) is 0.331. The van der Waals surface area contributed by atoms with Crippen LogP contribution >= 0.6 is 0 Å². The Balaban J connectivity index is 2.09. The molecular formula is C14H11N3O3. The molecule has 0 spiro atoms. The zero-order valence-corrected chi connectivity index (χ0v) is 10.4. The van der Waals surface area contributed by atoms with E-state index in [2.05, 4.69) is 10.3 Å². The molecule has 6 heteroatoms. The molecule has 1 N–H and O–H groups in total. The lowest BCUT2D eigenvalue weighted by molar-refractivity contribution is 0.0691. The van der Waals surface area contributed by atoms with Gasteiger partial charge in [-0.15, -0.1) is 5.10 Å². The van der Waals surface area contributed by atoms with Crippen molar-refractivity contribution in [3.05, 3.63) is 60.2 Å². The van der Waals surface area contributed by atoms with Crippen LogP contribution in [0.15, 0.2) is 53.1 Å². The van der Waals surface area contributed by atoms with E-state index < -0.39 is 5.97 Å². The monoisotopic (exact) mass is 269 g/mol. The molecular weight excluding hydrogens is 258 g/mol. The van der Waals surface area contributed by atoms with E-state index >= 15 is 0 Å². The Morgan fingerprint density at radius 3 is 2.65 bits per heavy atom. The Hall–Kier alpha value is -2.89. The molecule has 20 heavy (non-hydrogen) atoms. The number of carbonyl (C=O) groups is 1. The third kappa shape index (κ3) is 2.18. The van der Waals surface area contributed by atoms with Crippen LogP contribution in [0.3, 0.4) is 0 Å². The van der Waals surface area contributed by atoms with E-state index in [-0.39, 0.29) is 5.69 Å². The molecule has 3 rings (SSSR count). The molecule has 0 bridgehead atoms. The van der Waals surface area contributed by atoms with E-state index in [0.717, 1.165) is 5.56 Å². The number of aromatic carboxylic acids is 1. The third-order valence-corrected chi connectivity index (χ3v) is 2.87. The van der Waals surface area contributed by atoms with E-state index in [1.54, 1.807) is 18.4 Å². The maximum atomic E-state index is 11.3. The minimum Gasteiger partial charge on any atom is -0.476 e. The quantitative estimate of drug-likeness (QED) is 0.785. The average molecular weight is 269 g/mol. The van der Waals surface area contributed by atoms with E-state index in [9.17, 15) is 9.90 Å². The molecule has 0 radical (unpaired) electrons. The predicted octanol–water partition coefficient (Wildman–Crippen LogP) is 2.28. The second-order valence-electron chi connectivity index (χ2n) is 4.19. The summed E-state index contributed by atoms with van der Waals surface area (Å²) in [4.78, 5) is 11.3. The summed E-state index contributed by atoms with van der Waals surface area (Å²) in [5, 5.41) is 16.9. The fraction of sp³-hybridized carbons (Fsp3) is 0.0714. The minimum atomic E-state index is -1.10. The number of carboxylic acid groups (broad SMARTS) is 1. The Morgan fingerprint density at radius 2 is 2.00 bits per heavy atom. The van der Waals surface area contributed by atoms with Crippen LogP contribution in [0.5, 0.6) is 0 Å². The Bertz CT molecular complexity index is 717. The van der Waals surface area contributed by atoms with Crippen molar-refractivity contribution in [1.82, 2.24) is 15.0 Å². The predicted molar refractivity (Wildman–Crippen MR) is 70.2 cm³/mol. The third-order valence-electron chi connectivity index (χ3n) is 2.87. The second kappa shape index (κ2) is 5.00. The van der Waals surface area contributed by atoms with Crippen molar-refractivity contribution in [2.75, 3.05) is 0 Å². The highest BCUT2D eigenvalue weighted by Gasteiger charge is 2.20. The van der Waals surface area contributed by atoms with Crippen LogP contribution in [0.2, 0.25) is 0 Å². The van der Waals surface area contributed by atoms with Crippen LogP contribution in [0.1, 0.15) is 16.2 Å². The van der Waals surface area contributed by atoms with Crippen LogP contribution in [0.25, 0.3) is 11.3 Å². The molecule has 0 fully saturated rings. The number of furan rings is 1. The standard InChI is InChI=1S/C14H11N3O3/c18-14(19)12-13(10-5-2-1-3-6-10)17(16-15-12)9-11-7-4-8-20-11/h1-8H,9H2,(H,18,19). The highest BCUT2D eigenvalue weighted by Crippen LogP contribution is 2.23. The highest BCUT2D eigenvalue weighted by molar-refractivity contribution is 5.92. The van der Waals surface area contributed by atoms with Crippen molar-refractivity contribution in [2.45, 2.75) is 6.54 Å². The van der Waals surface area contributed by atoms with Gasteiger partial charge in [-0.1, -0.05) is 35.5 Å². The number of carboxylic acids is 1. The van der Waals surface area contributed by atoms with Gasteiger partial charge in [0.15, 0.2) is 5.69 Å². The van der Waals surface area contributed by atoms with Crippen LogP contribution in [0.4, 0.5) is 0 Å². The van der Waals surface area contributed by atoms with Crippen LogP contribution in [0, 0.1) is 0 Å². The Kier molecular flexibility index (Phi) is 3.04. The van der Waals surface area contributed by atoms with Crippen LogP contribution in [-0.4, -0.2) is 26.1 Å². The zero-order chi connectivity index (χ0) is 13.9. The minimum absolute atomic E-state index is 0.0669. The molecule has 2 heterocycles. The van der Waals surface area contributed by atoms with Gasteiger partial charge in [-0.25, -0.2) is 9.48 Å². The van der Waals surface area contributed by atoms with Crippen LogP contribution < -0.4 is 0 Å². The van der Waals surface area contributed by atoms with Crippen molar-refractivity contribution >= 4 is 5.97 Å². The van der Waals surface area contributed by atoms with Crippen molar-refractivity contribution in [1.29, 1.82) is 0 Å². The first-order valence-electron chi connectivity index (χ1n) is 6.00. The highest BCUT2D eigenvalue weighted by atomic mass is 16.4. The van der Waals surface area contributed by atoms with Gasteiger partial charge >= 0.3 is 5.97 Å². The van der Waals surface area contributed by atoms with Gasteiger partial charge in [0.25, 0.3) is 0 Å². The lowest BCUT2D eigenvalue weighted by Crippen LogP contribution is -2.05. The number of hydrogen-bond donors (Lipinski definition) is 1. The van der Waals surface area contributed by atoms with E-state index in [0.29, 0.717) is 18.0 Å². The summed E-state index contributed by atoms with van der Waals surface area (Å²) in [7, 11) is 0. The molecule has 0 saturated heterocycles. The van der Waals surface area contributed by atoms with Gasteiger partial charge in [0.1, 0.15) is 18.0 Å². The fourth-order valence-corrected chi connectivity index (χ4v) is 2.00. The summed E-state index contributed by atoms with van der Waals surface area (Å²) in [5.41, 5.74) is 1.15. The largest absolute Gasteiger partial charge is 0.476 e. The molecule has 0 amide bonds.